The van der Waals surface area contributed by atoms with Crippen LogP contribution in [0.2, 0.25) is 32.7 Å². The van der Waals surface area contributed by atoms with Crippen LogP contribution in [0.3, 0.4) is 0 Å². The van der Waals surface area contributed by atoms with E-state index in [0.717, 1.165) is 28.0 Å². The second-order valence-corrected chi connectivity index (χ2v) is 52.7. The van der Waals surface area contributed by atoms with Crippen LogP contribution in [0.5, 0.6) is 0 Å². The van der Waals surface area contributed by atoms with Crippen LogP contribution in [0.15, 0.2) is 324 Å². The van der Waals surface area contributed by atoms with Gasteiger partial charge in [0, 0.05) is 49.0 Å². The summed E-state index contributed by atoms with van der Waals surface area (Å²) in [5.74, 6) is 0. The maximum atomic E-state index is 6.83. The van der Waals surface area contributed by atoms with Crippen molar-refractivity contribution in [2.45, 2.75) is 137 Å². The number of aromatic nitrogens is 1. The molecule has 0 fully saturated rings. The summed E-state index contributed by atoms with van der Waals surface area (Å²) < 4.78 is 13.5. The van der Waals surface area contributed by atoms with Gasteiger partial charge in [0.15, 0.2) is 0 Å². The molecule has 28 rings (SSSR count). The highest BCUT2D eigenvalue weighted by Crippen LogP contribution is 2.61. The van der Waals surface area contributed by atoms with Crippen molar-refractivity contribution in [3.8, 4) is 89.1 Å². The summed E-state index contributed by atoms with van der Waals surface area (Å²) in [4.78, 5) is 5.12. The molecule has 0 N–H and O–H groups in total. The monoisotopic (exact) mass is 1740 g/mol. The fraction of sp³-hybridized carbons (Fsp3) is 0.164. The zero-order valence-electron chi connectivity index (χ0n) is 78.8. The van der Waals surface area contributed by atoms with Gasteiger partial charge in [-0.25, -0.2) is 0 Å². The van der Waals surface area contributed by atoms with Crippen LogP contribution in [-0.4, -0.2) is 21.1 Å². The number of para-hydroxylation sites is 1. The molecular weight excluding hydrogens is 1640 g/mol. The van der Waals surface area contributed by atoms with Crippen molar-refractivity contribution in [1.29, 1.82) is 0 Å². The highest BCUT2D eigenvalue weighted by Gasteiger charge is 2.45. The van der Waals surface area contributed by atoms with E-state index in [-0.39, 0.29) is 21.7 Å². The van der Waals surface area contributed by atoms with Crippen molar-refractivity contribution < 1.29 is 8.83 Å². The minimum Gasteiger partial charge on any atom is -0.456 e. The van der Waals surface area contributed by atoms with Crippen molar-refractivity contribution in [3.63, 3.8) is 0 Å². The minimum absolute atomic E-state index is 0.0151. The molecule has 0 bridgehead atoms. The van der Waals surface area contributed by atoms with Gasteiger partial charge < -0.3 is 8.83 Å². The highest BCUT2D eigenvalue weighted by atomic mass is 28.3. The molecule has 3 aromatic heterocycles. The molecule has 0 unspecified atom stereocenters. The normalized spacial score (nSPS) is 14.7. The Morgan fingerprint density at radius 2 is 0.737 bits per heavy atom. The second-order valence-electron chi connectivity index (χ2n) is 43.3. The van der Waals surface area contributed by atoms with Gasteiger partial charge in [0.2, 0.25) is 0 Å². The molecule has 4 aliphatic rings. The van der Waals surface area contributed by atoms with Gasteiger partial charge in [-0.05, 0) is 323 Å². The van der Waals surface area contributed by atoms with E-state index in [2.05, 4.69) is 431 Å². The first-order valence-corrected chi connectivity index (χ1v) is 54.2. The third kappa shape index (κ3) is 11.2. The number of rotatable bonds is 5. The first-order chi connectivity index (χ1) is 64.0. The zero-order chi connectivity index (χ0) is 90.6. The fourth-order valence-corrected chi connectivity index (χ4v) is 29.3. The summed E-state index contributed by atoms with van der Waals surface area (Å²) >= 11 is 0. The highest BCUT2D eigenvalue weighted by molar-refractivity contribution is 7.04. The van der Waals surface area contributed by atoms with Crippen molar-refractivity contribution in [2.75, 3.05) is 0 Å². The Hall–Kier alpha value is -14.1. The first kappa shape index (κ1) is 79.8. The average molecular weight is 1740 g/mol. The lowest BCUT2D eigenvalue weighted by Crippen LogP contribution is -2.49. The lowest BCUT2D eigenvalue weighted by atomic mass is 9.78. The van der Waals surface area contributed by atoms with E-state index in [4.69, 9.17) is 13.8 Å². The van der Waals surface area contributed by atoms with Crippen molar-refractivity contribution >= 4 is 173 Å². The van der Waals surface area contributed by atoms with E-state index in [1.807, 2.05) is 0 Å². The molecule has 3 aliphatic carbocycles. The molecule has 3 nitrogen and oxygen atoms in total. The number of pyridine rings is 1. The molecule has 5 heteroatoms. The summed E-state index contributed by atoms with van der Waals surface area (Å²) in [5, 5.41) is 33.4. The van der Waals surface area contributed by atoms with Crippen LogP contribution >= 0.6 is 0 Å². The van der Waals surface area contributed by atoms with Crippen molar-refractivity contribution in [3.05, 3.63) is 371 Å². The van der Waals surface area contributed by atoms with Crippen molar-refractivity contribution in [2.24, 2.45) is 0 Å². The molecule has 0 spiro atoms. The lowest BCUT2D eigenvalue weighted by molar-refractivity contribution is 0.587. The summed E-state index contributed by atoms with van der Waals surface area (Å²) in [6.07, 6.45) is 0. The molecule has 133 heavy (non-hydrogen) atoms. The summed E-state index contributed by atoms with van der Waals surface area (Å²) in [7, 11) is -3.40. The van der Waals surface area contributed by atoms with Crippen molar-refractivity contribution in [1.82, 2.24) is 4.98 Å². The number of furan rings is 2. The maximum absolute atomic E-state index is 6.83. The van der Waals surface area contributed by atoms with Crippen LogP contribution in [0.1, 0.15) is 118 Å². The molecule has 0 radical (unpaired) electrons. The maximum Gasteiger partial charge on any atom is 0.136 e. The number of hydrogen-bond donors (Lipinski definition) is 0. The molecule has 1 aliphatic heterocycles. The predicted molar refractivity (Wildman–Crippen MR) is 575 cm³/mol. The SMILES string of the molecule is CC(C)(C)c1ccc2c(c1)oc1cc3c(-c4ccccc4)cc4c5c(cc6c(-c7ccccc7)cc(c12)c3c64)[Si](C)(C)c1ccccc1-5.Cc1ccc2c(n1)-c1c(cc3ccc4c5c(cc6ccc1c3c64)C(C)(C)c1ccc([Si](C)(C)C)cc1-5)C2(C)C.Cc1cccc(-c2cc3c4c(cc5c(-c6cccc(C)c6)cc6c7c(cc2c6c53)C(C)(C)c2ccccc2-7)oc2ccccc24)c1. The molecule has 0 saturated carbocycles. The summed E-state index contributed by atoms with van der Waals surface area (Å²) in [6, 6.07) is 119. The Balaban J connectivity index is 0.000000105. The molecule has 0 saturated heterocycles. The van der Waals surface area contributed by atoms with E-state index < -0.39 is 16.1 Å². The molecule has 0 amide bonds. The third-order valence-corrected chi connectivity index (χ3v) is 37.4. The second kappa shape index (κ2) is 27.5. The van der Waals surface area contributed by atoms with Crippen LogP contribution < -0.4 is 15.6 Å². The standard InChI is InChI=1S/C46H36OSi.C45H32O.C37H35NSi/c1-46(2,3)29-20-21-30-38(22-29)47-39-25-34-32(27-14-8-6-9-15-27)24-37-43-31-18-12-13-19-40(31)48(4,5)41(43)26-35-33(28-16-10-7-11-17-28)23-36(42(30)39)44(34)45(35)37;1-25-11-9-13-27(19-25)31-22-36-42-30-16-6-8-18-39(30)46-40(42)24-34-32(28-14-10-12-26(2)20-28)21-35-41-29-15-5-7-17-37(29)45(3,4)38(41)23-33(31)43(35)44(34)36;1-20-9-15-28-35(38-20)34-25-14-11-21-17-29-33(26-19-23(39(6,7)8)12-16-27(26)36(29,2)3)24-13-10-22(32(25)31(21)24)18-30(34)37(28,4)5/h6-26H,1-5H3;5-24H,1-4H3;9-19H,1-8H3. The topological polar surface area (TPSA) is 39.2 Å². The van der Waals surface area contributed by atoms with Crippen LogP contribution in [0.25, 0.3) is 230 Å². The van der Waals surface area contributed by atoms with Gasteiger partial charge in [0.25, 0.3) is 0 Å². The third-order valence-electron chi connectivity index (χ3n) is 31.9. The molecule has 21 aromatic carbocycles. The summed E-state index contributed by atoms with van der Waals surface area (Å²) in [5.41, 5.74) is 38.0. The Labute approximate surface area is 778 Å². The van der Waals surface area contributed by atoms with Gasteiger partial charge in [0.05, 0.1) is 13.8 Å². The van der Waals surface area contributed by atoms with E-state index in [1.54, 1.807) is 5.19 Å². The van der Waals surface area contributed by atoms with E-state index in [0.29, 0.717) is 0 Å². The largest absolute Gasteiger partial charge is 0.456 e. The number of aryl methyl sites for hydroxylation is 3. The lowest BCUT2D eigenvalue weighted by Gasteiger charge is -2.25. The molecule has 4 heterocycles. The smallest absolute Gasteiger partial charge is 0.136 e. The average Bonchev–Trinajstić information content (AvgIpc) is 1.64. The van der Waals surface area contributed by atoms with Gasteiger partial charge in [-0.2, -0.15) is 0 Å². The minimum atomic E-state index is -1.95. The van der Waals surface area contributed by atoms with Gasteiger partial charge in [-0.3, -0.25) is 4.98 Å². The number of fused-ring (bicyclic) bond motifs is 24. The Kier molecular flexibility index (Phi) is 16.5. The predicted octanol–water partition coefficient (Wildman–Crippen LogP) is 34.1. The molecule has 640 valence electrons. The Morgan fingerprint density at radius 3 is 1.35 bits per heavy atom. The van der Waals surface area contributed by atoms with E-state index >= 15 is 0 Å². The molecule has 0 atom stereocenters. The van der Waals surface area contributed by atoms with E-state index in [9.17, 15) is 0 Å². The van der Waals surface area contributed by atoms with Crippen LogP contribution in [0, 0.1) is 20.8 Å². The zero-order valence-corrected chi connectivity index (χ0v) is 80.8. The molecular formula is C128H103NO2Si2. The van der Waals surface area contributed by atoms with Gasteiger partial charge >= 0.3 is 0 Å². The number of nitrogens with zero attached hydrogens (tertiary/aromatic N) is 1. The summed E-state index contributed by atoms with van der Waals surface area (Å²) in [6.45, 7) is 40.0. The first-order valence-electron chi connectivity index (χ1n) is 47.7. The Bertz CT molecular complexity index is 9230. The Morgan fingerprint density at radius 1 is 0.278 bits per heavy atom. The number of benzene rings is 21. The fourth-order valence-electron chi connectivity index (χ4n) is 25.1. The van der Waals surface area contributed by atoms with Crippen LogP contribution in [-0.2, 0) is 21.7 Å². The van der Waals surface area contributed by atoms with Gasteiger partial charge in [-0.15, -0.1) is 0 Å². The van der Waals surface area contributed by atoms with E-state index in [1.165, 1.54) is 268 Å². The number of hydrogen-bond acceptors (Lipinski definition) is 3. The quantitative estimate of drug-likeness (QED) is 0.127. The molecule has 24 aromatic rings. The van der Waals surface area contributed by atoms with Gasteiger partial charge in [-0.1, -0.05) is 354 Å². The van der Waals surface area contributed by atoms with Crippen LogP contribution in [0.4, 0.5) is 0 Å². The van der Waals surface area contributed by atoms with Gasteiger partial charge in [0.1, 0.15) is 30.4 Å².